The number of unbranched alkanes of at least 4 members (excludes halogenated alkanes) is 3. The van der Waals surface area contributed by atoms with Crippen LogP contribution in [0.5, 0.6) is 0 Å². The van der Waals surface area contributed by atoms with Gasteiger partial charge in [0.2, 0.25) is 0 Å². The lowest BCUT2D eigenvalue weighted by molar-refractivity contribution is -0.185. The van der Waals surface area contributed by atoms with Gasteiger partial charge < -0.3 is 14.6 Å². The van der Waals surface area contributed by atoms with Gasteiger partial charge in [-0.05, 0) is 19.0 Å². The van der Waals surface area contributed by atoms with E-state index in [9.17, 15) is 14.7 Å². The molecular formula is C23H33NO5. The molecule has 6 nitrogen and oxygen atoms in total. The Hall–Kier alpha value is -1.92. The molecule has 0 spiro atoms. The summed E-state index contributed by atoms with van der Waals surface area (Å²) in [4.78, 5) is 27.1. The molecule has 1 aromatic carbocycles. The van der Waals surface area contributed by atoms with Crippen LogP contribution in [0.1, 0.15) is 63.4 Å². The van der Waals surface area contributed by atoms with Gasteiger partial charge in [-0.3, -0.25) is 14.5 Å². The molecule has 2 aliphatic heterocycles. The van der Waals surface area contributed by atoms with E-state index in [2.05, 4.69) is 11.8 Å². The zero-order chi connectivity index (χ0) is 20.8. The fourth-order valence-corrected chi connectivity index (χ4v) is 4.40. The van der Waals surface area contributed by atoms with Crippen LogP contribution in [0, 0.1) is 0 Å². The molecule has 3 fully saturated rings. The Morgan fingerprint density at radius 1 is 1.14 bits per heavy atom. The smallest absolute Gasteiger partial charge is 0.317 e. The number of piperidine rings is 1. The Balaban J connectivity index is 1.54. The van der Waals surface area contributed by atoms with Crippen LogP contribution in [0.15, 0.2) is 30.3 Å². The van der Waals surface area contributed by atoms with E-state index in [4.69, 9.17) is 9.47 Å². The van der Waals surface area contributed by atoms with E-state index in [0.29, 0.717) is 19.3 Å². The highest BCUT2D eigenvalue weighted by Crippen LogP contribution is 2.38. The summed E-state index contributed by atoms with van der Waals surface area (Å²) in [7, 11) is 1.99. The maximum absolute atomic E-state index is 12.9. The standard InChI is InChI=1S/C23H33NO5/c1-3-4-5-9-12-21(25)28-15-18(16-10-7-6-8-11-16)23(27)29-17-13-19-22(26)20(14-17)24(19)2/h6-8,10-11,17-20,22,26H,3-5,9,12-15H2,1-2H3/t17-,18-,19+,20?,22-/m1/s1. The minimum atomic E-state index is -0.628. The van der Waals surface area contributed by atoms with Gasteiger partial charge in [-0.15, -0.1) is 0 Å². The Morgan fingerprint density at radius 3 is 2.45 bits per heavy atom. The molecule has 0 aromatic heterocycles. The highest BCUT2D eigenvalue weighted by molar-refractivity contribution is 5.79. The molecule has 0 amide bonds. The zero-order valence-corrected chi connectivity index (χ0v) is 17.5. The van der Waals surface area contributed by atoms with Gasteiger partial charge >= 0.3 is 11.9 Å². The second-order valence-corrected chi connectivity index (χ2v) is 8.28. The summed E-state index contributed by atoms with van der Waals surface area (Å²) in [5.41, 5.74) is 0.786. The van der Waals surface area contributed by atoms with Crippen molar-refractivity contribution in [2.24, 2.45) is 0 Å². The average Bonchev–Trinajstić information content (AvgIpc) is 2.73. The summed E-state index contributed by atoms with van der Waals surface area (Å²) in [5.74, 6) is -1.26. The van der Waals surface area contributed by atoms with Crippen LogP contribution in [0.25, 0.3) is 0 Å². The van der Waals surface area contributed by atoms with Crippen LogP contribution < -0.4 is 0 Å². The van der Waals surface area contributed by atoms with Crippen LogP contribution in [-0.2, 0) is 19.1 Å². The molecule has 2 heterocycles. The quantitative estimate of drug-likeness (QED) is 0.478. The minimum absolute atomic E-state index is 0.00242. The second kappa shape index (κ2) is 10.2. The van der Waals surface area contributed by atoms with Gasteiger partial charge in [0.15, 0.2) is 0 Å². The number of carbonyl (C=O) groups is 2. The Bertz CT molecular complexity index is 655. The van der Waals surface area contributed by atoms with E-state index in [0.717, 1.165) is 31.2 Å². The molecule has 1 aliphatic carbocycles. The number of aliphatic hydroxyl groups is 1. The maximum Gasteiger partial charge on any atom is 0.317 e. The molecule has 160 valence electrons. The molecule has 5 atom stereocenters. The largest absolute Gasteiger partial charge is 0.464 e. The molecule has 1 unspecified atom stereocenters. The van der Waals surface area contributed by atoms with E-state index in [-0.39, 0.29) is 42.8 Å². The Kier molecular flexibility index (Phi) is 7.67. The number of fused-ring (bicyclic) bond motifs is 2. The van der Waals surface area contributed by atoms with Crippen LogP contribution in [0.2, 0.25) is 0 Å². The minimum Gasteiger partial charge on any atom is -0.464 e. The third-order valence-electron chi connectivity index (χ3n) is 6.26. The number of likely N-dealkylation sites (N-methyl/N-ethyl adjacent to an activating group) is 1. The van der Waals surface area contributed by atoms with E-state index in [1.165, 1.54) is 0 Å². The molecule has 1 aromatic rings. The summed E-state index contributed by atoms with van der Waals surface area (Å²) in [6.45, 7) is 2.13. The van der Waals surface area contributed by atoms with Crippen molar-refractivity contribution >= 4 is 11.9 Å². The summed E-state index contributed by atoms with van der Waals surface area (Å²) < 4.78 is 11.2. The number of rotatable bonds is 10. The lowest BCUT2D eigenvalue weighted by Gasteiger charge is -2.56. The summed E-state index contributed by atoms with van der Waals surface area (Å²) in [6, 6.07) is 9.45. The van der Waals surface area contributed by atoms with Crippen molar-refractivity contribution in [3.63, 3.8) is 0 Å². The molecule has 4 rings (SSSR count). The average molecular weight is 404 g/mol. The molecule has 3 aliphatic rings. The predicted molar refractivity (Wildman–Crippen MR) is 109 cm³/mol. The van der Waals surface area contributed by atoms with E-state index < -0.39 is 5.92 Å². The van der Waals surface area contributed by atoms with Gasteiger partial charge in [-0.25, -0.2) is 0 Å². The first kappa shape index (κ1) is 21.8. The van der Waals surface area contributed by atoms with Crippen LogP contribution in [0.3, 0.4) is 0 Å². The topological polar surface area (TPSA) is 76.1 Å². The van der Waals surface area contributed by atoms with Crippen molar-refractivity contribution in [2.45, 2.75) is 82.1 Å². The Labute approximate surface area is 173 Å². The van der Waals surface area contributed by atoms with Gasteiger partial charge in [0, 0.05) is 31.3 Å². The van der Waals surface area contributed by atoms with Gasteiger partial charge in [0.25, 0.3) is 0 Å². The fourth-order valence-electron chi connectivity index (χ4n) is 4.40. The summed E-state index contributed by atoms with van der Waals surface area (Å²) in [6.07, 6.45) is 5.19. The number of ether oxygens (including phenoxy) is 2. The first-order valence-electron chi connectivity index (χ1n) is 10.8. The van der Waals surface area contributed by atoms with Crippen molar-refractivity contribution in [2.75, 3.05) is 13.7 Å². The first-order valence-corrected chi connectivity index (χ1v) is 10.8. The third kappa shape index (κ3) is 5.37. The number of benzene rings is 1. The molecule has 0 radical (unpaired) electrons. The number of carbonyl (C=O) groups excluding carboxylic acids is 2. The number of nitrogens with zero attached hydrogens (tertiary/aromatic N) is 1. The van der Waals surface area contributed by atoms with Crippen molar-refractivity contribution in [3.05, 3.63) is 35.9 Å². The fraction of sp³-hybridized carbons (Fsp3) is 0.652. The third-order valence-corrected chi connectivity index (χ3v) is 6.26. The summed E-state index contributed by atoms with van der Waals surface area (Å²) >= 11 is 0. The highest BCUT2D eigenvalue weighted by atomic mass is 16.6. The molecule has 1 N–H and O–H groups in total. The molecular weight excluding hydrogens is 370 g/mol. The van der Waals surface area contributed by atoms with E-state index >= 15 is 0 Å². The van der Waals surface area contributed by atoms with Gasteiger partial charge in [0.05, 0.1) is 6.10 Å². The van der Waals surface area contributed by atoms with Gasteiger partial charge in [0.1, 0.15) is 18.6 Å². The lowest BCUT2D eigenvalue weighted by atomic mass is 9.76. The highest BCUT2D eigenvalue weighted by Gasteiger charge is 2.52. The number of esters is 2. The molecule has 29 heavy (non-hydrogen) atoms. The van der Waals surface area contributed by atoms with Gasteiger partial charge in [-0.1, -0.05) is 56.5 Å². The van der Waals surface area contributed by atoms with E-state index in [1.807, 2.05) is 37.4 Å². The SMILES string of the molecule is CCCCCCC(=O)OC[C@@H](C(=O)O[C@H]1CC2[C@H](O)[C@H](C1)N2C)c1ccccc1. The molecule has 1 saturated carbocycles. The molecule has 6 heteroatoms. The van der Waals surface area contributed by atoms with Gasteiger partial charge in [-0.2, -0.15) is 0 Å². The number of aliphatic hydroxyl groups excluding tert-OH is 1. The van der Waals surface area contributed by atoms with Crippen LogP contribution in [-0.4, -0.2) is 59.9 Å². The van der Waals surface area contributed by atoms with Crippen molar-refractivity contribution in [3.8, 4) is 0 Å². The Morgan fingerprint density at radius 2 is 1.83 bits per heavy atom. The normalized spacial score (nSPS) is 27.0. The monoisotopic (exact) mass is 403 g/mol. The number of hydrogen-bond donors (Lipinski definition) is 1. The second-order valence-electron chi connectivity index (χ2n) is 8.28. The lowest BCUT2D eigenvalue weighted by Crippen LogP contribution is -2.71. The first-order chi connectivity index (χ1) is 14.0. The van der Waals surface area contributed by atoms with E-state index in [1.54, 1.807) is 0 Å². The van der Waals surface area contributed by atoms with Crippen LogP contribution in [0.4, 0.5) is 0 Å². The molecule has 2 bridgehead atoms. The zero-order valence-electron chi connectivity index (χ0n) is 17.5. The van der Waals surface area contributed by atoms with Crippen molar-refractivity contribution in [1.82, 2.24) is 4.90 Å². The maximum atomic E-state index is 12.9. The number of hydrogen-bond acceptors (Lipinski definition) is 6. The van der Waals surface area contributed by atoms with Crippen molar-refractivity contribution in [1.29, 1.82) is 0 Å². The van der Waals surface area contributed by atoms with Crippen LogP contribution >= 0.6 is 0 Å². The predicted octanol–water partition coefficient (Wildman–Crippen LogP) is 3.03. The molecule has 2 saturated heterocycles. The van der Waals surface area contributed by atoms with Crippen molar-refractivity contribution < 1.29 is 24.2 Å². The summed E-state index contributed by atoms with van der Waals surface area (Å²) in [5, 5.41) is 10.0.